The van der Waals surface area contributed by atoms with Crippen molar-refractivity contribution >= 4 is 38.0 Å². The van der Waals surface area contributed by atoms with E-state index in [-0.39, 0.29) is 17.0 Å². The molecule has 3 aromatic heterocycles. The van der Waals surface area contributed by atoms with Crippen LogP contribution in [0, 0.1) is 6.92 Å². The number of hydrogen-bond acceptors (Lipinski definition) is 7. The first kappa shape index (κ1) is 21.6. The number of amides is 1. The highest BCUT2D eigenvalue weighted by molar-refractivity contribution is 7.90. The quantitative estimate of drug-likeness (QED) is 0.450. The van der Waals surface area contributed by atoms with Gasteiger partial charge in [0, 0.05) is 47.3 Å². The van der Waals surface area contributed by atoms with Gasteiger partial charge >= 0.3 is 0 Å². The molecule has 0 saturated carbocycles. The molecule has 1 aliphatic heterocycles. The molecule has 1 saturated heterocycles. The summed E-state index contributed by atoms with van der Waals surface area (Å²) in [6.45, 7) is 2.02. The van der Waals surface area contributed by atoms with E-state index in [1.165, 1.54) is 12.3 Å². The summed E-state index contributed by atoms with van der Waals surface area (Å²) >= 11 is 1.61. The van der Waals surface area contributed by atoms with Crippen LogP contribution in [0.25, 0.3) is 21.6 Å². The Labute approximate surface area is 195 Å². The molecule has 1 aliphatic rings. The fraction of sp³-hybridized carbons (Fsp3) is 0.261. The van der Waals surface area contributed by atoms with Gasteiger partial charge < -0.3 is 14.6 Å². The monoisotopic (exact) mass is 482 g/mol. The summed E-state index contributed by atoms with van der Waals surface area (Å²) in [5.41, 5.74) is 2.73. The van der Waals surface area contributed by atoms with Gasteiger partial charge in [-0.3, -0.25) is 4.79 Å². The van der Waals surface area contributed by atoms with Crippen LogP contribution in [-0.2, 0) is 14.6 Å². The lowest BCUT2D eigenvalue weighted by atomic mass is 10.0. The van der Waals surface area contributed by atoms with E-state index in [1.54, 1.807) is 29.4 Å². The van der Waals surface area contributed by atoms with Crippen molar-refractivity contribution in [3.63, 3.8) is 0 Å². The smallest absolute Gasteiger partial charge is 0.222 e. The van der Waals surface area contributed by atoms with E-state index in [4.69, 9.17) is 4.74 Å². The minimum absolute atomic E-state index is 0.0133. The summed E-state index contributed by atoms with van der Waals surface area (Å²) < 4.78 is 29.6. The van der Waals surface area contributed by atoms with Crippen molar-refractivity contribution in [1.29, 1.82) is 0 Å². The third-order valence-corrected chi connectivity index (χ3v) is 7.72. The van der Waals surface area contributed by atoms with Crippen molar-refractivity contribution in [3.05, 3.63) is 53.2 Å². The van der Waals surface area contributed by atoms with Crippen LogP contribution >= 0.6 is 11.3 Å². The number of thiazole rings is 1. The molecule has 8 nitrogen and oxygen atoms in total. The molecule has 4 heterocycles. The number of aromatic amines is 1. The third-order valence-electron chi connectivity index (χ3n) is 5.77. The number of hydrogen-bond donors (Lipinski definition) is 1. The van der Waals surface area contributed by atoms with Crippen molar-refractivity contribution in [3.8, 4) is 22.2 Å². The van der Waals surface area contributed by atoms with Crippen LogP contribution in [0.5, 0.6) is 11.5 Å². The molecule has 1 unspecified atom stereocenters. The molecular formula is C23H22N4O4S2. The molecule has 170 valence electrons. The first-order valence-corrected chi connectivity index (χ1v) is 13.1. The Hall–Kier alpha value is -3.24. The molecule has 0 spiro atoms. The van der Waals surface area contributed by atoms with Gasteiger partial charge in [-0.2, -0.15) is 0 Å². The lowest BCUT2D eigenvalue weighted by molar-refractivity contribution is -0.127. The predicted octanol–water partition coefficient (Wildman–Crippen LogP) is 4.48. The summed E-state index contributed by atoms with van der Waals surface area (Å²) in [5, 5.41) is 1.84. The second-order valence-corrected chi connectivity index (χ2v) is 11.4. The molecule has 33 heavy (non-hydrogen) atoms. The number of ether oxygens (including phenoxy) is 1. The molecule has 0 bridgehead atoms. The van der Waals surface area contributed by atoms with Gasteiger partial charge in [0.05, 0.1) is 17.9 Å². The predicted molar refractivity (Wildman–Crippen MR) is 126 cm³/mol. The number of pyridine rings is 1. The summed E-state index contributed by atoms with van der Waals surface area (Å²) in [6.07, 6.45) is 5.54. The Morgan fingerprint density at radius 1 is 1.18 bits per heavy atom. The second-order valence-electron chi connectivity index (χ2n) is 8.20. The molecule has 4 aromatic rings. The number of aromatic nitrogens is 3. The topological polar surface area (TPSA) is 105 Å². The minimum atomic E-state index is -3.40. The highest BCUT2D eigenvalue weighted by Crippen LogP contribution is 2.41. The first-order chi connectivity index (χ1) is 15.7. The molecule has 1 N–H and O–H groups in total. The van der Waals surface area contributed by atoms with E-state index in [0.29, 0.717) is 24.3 Å². The fourth-order valence-electron chi connectivity index (χ4n) is 4.06. The Kier molecular flexibility index (Phi) is 5.21. The largest absolute Gasteiger partial charge is 0.455 e. The summed E-state index contributed by atoms with van der Waals surface area (Å²) in [4.78, 5) is 27.0. The molecule has 1 atom stereocenters. The van der Waals surface area contributed by atoms with Crippen LogP contribution in [0.4, 0.5) is 0 Å². The Bertz CT molecular complexity index is 1470. The number of nitrogens with one attached hydrogen (secondary N) is 1. The summed E-state index contributed by atoms with van der Waals surface area (Å²) in [5.74, 6) is 1.11. The Morgan fingerprint density at radius 3 is 2.61 bits per heavy atom. The SMILES string of the molecule is Cc1cnc(-c2cc3cc(Oc4ccc(S(C)(=O)=O)nc4)c(C4CCC(=O)N4C)cc3[nH]2)s1. The highest BCUT2D eigenvalue weighted by Gasteiger charge is 2.31. The maximum absolute atomic E-state index is 12.2. The van der Waals surface area contributed by atoms with Crippen LogP contribution in [0.1, 0.15) is 29.3 Å². The van der Waals surface area contributed by atoms with E-state index in [0.717, 1.165) is 38.3 Å². The number of rotatable bonds is 5. The van der Waals surface area contributed by atoms with Crippen molar-refractivity contribution in [2.24, 2.45) is 0 Å². The van der Waals surface area contributed by atoms with E-state index in [1.807, 2.05) is 31.3 Å². The number of benzene rings is 1. The van der Waals surface area contributed by atoms with E-state index < -0.39 is 9.84 Å². The van der Waals surface area contributed by atoms with Crippen LogP contribution < -0.4 is 4.74 Å². The zero-order chi connectivity index (χ0) is 23.3. The third kappa shape index (κ3) is 4.11. The van der Waals surface area contributed by atoms with Gasteiger partial charge in [-0.15, -0.1) is 11.3 Å². The molecule has 1 aromatic carbocycles. The molecule has 1 amide bonds. The molecular weight excluding hydrogens is 460 g/mol. The van der Waals surface area contributed by atoms with Gasteiger partial charge in [-0.05, 0) is 43.7 Å². The van der Waals surface area contributed by atoms with E-state index in [2.05, 4.69) is 15.0 Å². The minimum Gasteiger partial charge on any atom is -0.455 e. The fourth-order valence-corrected chi connectivity index (χ4v) is 5.36. The number of aryl methyl sites for hydroxylation is 1. The normalized spacial score (nSPS) is 16.6. The van der Waals surface area contributed by atoms with Crippen molar-refractivity contribution in [2.75, 3.05) is 13.3 Å². The van der Waals surface area contributed by atoms with E-state index in [9.17, 15) is 13.2 Å². The average molecular weight is 483 g/mol. The lowest BCUT2D eigenvalue weighted by Crippen LogP contribution is -2.22. The van der Waals surface area contributed by atoms with Crippen LogP contribution in [0.2, 0.25) is 0 Å². The maximum Gasteiger partial charge on any atom is 0.222 e. The van der Waals surface area contributed by atoms with Crippen LogP contribution in [-0.4, -0.2) is 47.5 Å². The highest BCUT2D eigenvalue weighted by atomic mass is 32.2. The van der Waals surface area contributed by atoms with Gasteiger partial charge in [0.15, 0.2) is 14.9 Å². The Morgan fingerprint density at radius 2 is 2.00 bits per heavy atom. The zero-order valence-corrected chi connectivity index (χ0v) is 20.0. The van der Waals surface area contributed by atoms with Gasteiger partial charge in [-0.1, -0.05) is 0 Å². The maximum atomic E-state index is 12.2. The number of likely N-dealkylation sites (tertiary alicyclic amines) is 1. The number of fused-ring (bicyclic) bond motifs is 1. The molecule has 1 fully saturated rings. The number of carbonyl (C=O) groups excluding carboxylic acids is 1. The van der Waals surface area contributed by atoms with Crippen LogP contribution in [0.3, 0.4) is 0 Å². The molecule has 10 heteroatoms. The first-order valence-electron chi connectivity index (χ1n) is 10.4. The second kappa shape index (κ2) is 7.96. The number of sulfone groups is 1. The zero-order valence-electron chi connectivity index (χ0n) is 18.3. The lowest BCUT2D eigenvalue weighted by Gasteiger charge is -2.23. The van der Waals surface area contributed by atoms with Gasteiger partial charge in [-0.25, -0.2) is 18.4 Å². The van der Waals surface area contributed by atoms with Crippen LogP contribution in [0.15, 0.2) is 47.8 Å². The standard InChI is InChI=1S/C23H22N4O4S2/c1-13-11-25-23(32-13)18-8-14-9-20(31-15-4-6-21(24-12-15)33(3,29)30)16(10-17(14)26-18)19-5-7-22(28)27(19)2/h4,6,8-12,19,26H,5,7H2,1-3H3. The van der Waals surface area contributed by atoms with Crippen molar-refractivity contribution in [1.82, 2.24) is 19.9 Å². The van der Waals surface area contributed by atoms with Gasteiger partial charge in [0.1, 0.15) is 16.5 Å². The Balaban J connectivity index is 1.58. The summed E-state index contributed by atoms with van der Waals surface area (Å²) in [7, 11) is -1.60. The number of H-pyrrole nitrogens is 1. The number of nitrogens with zero attached hydrogens (tertiary/aromatic N) is 3. The molecule has 0 aliphatic carbocycles. The summed E-state index contributed by atoms with van der Waals surface area (Å²) in [6, 6.07) is 8.88. The van der Waals surface area contributed by atoms with Gasteiger partial charge in [0.2, 0.25) is 5.91 Å². The average Bonchev–Trinajstić information content (AvgIpc) is 3.46. The van der Waals surface area contributed by atoms with Crippen molar-refractivity contribution in [2.45, 2.75) is 30.8 Å². The van der Waals surface area contributed by atoms with E-state index >= 15 is 0 Å². The molecule has 5 rings (SSSR count). The number of carbonyl (C=O) groups is 1. The van der Waals surface area contributed by atoms with Gasteiger partial charge in [0.25, 0.3) is 0 Å². The molecule has 0 radical (unpaired) electrons. The van der Waals surface area contributed by atoms with Crippen molar-refractivity contribution < 1.29 is 17.9 Å².